The van der Waals surface area contributed by atoms with Crippen LogP contribution >= 0.6 is 12.6 Å². The SMILES string of the molecule is SCCN1CCCOc2ccccc21. The third-order valence-corrected chi connectivity index (χ3v) is 2.61. The second kappa shape index (κ2) is 4.60. The van der Waals surface area contributed by atoms with Gasteiger partial charge in [-0.2, -0.15) is 12.6 Å². The smallest absolute Gasteiger partial charge is 0.142 e. The molecule has 2 rings (SSSR count). The summed E-state index contributed by atoms with van der Waals surface area (Å²) in [6.45, 7) is 2.88. The van der Waals surface area contributed by atoms with E-state index in [2.05, 4.69) is 29.7 Å². The zero-order valence-corrected chi connectivity index (χ0v) is 9.04. The predicted octanol–water partition coefficient (Wildman–Crippen LogP) is 2.21. The van der Waals surface area contributed by atoms with Crippen molar-refractivity contribution in [2.75, 3.05) is 30.3 Å². The Morgan fingerprint density at radius 3 is 3.07 bits per heavy atom. The fraction of sp³-hybridized carbons (Fsp3) is 0.455. The highest BCUT2D eigenvalue weighted by Crippen LogP contribution is 2.30. The molecule has 0 saturated heterocycles. The van der Waals surface area contributed by atoms with Crippen LogP contribution in [0.2, 0.25) is 0 Å². The molecule has 0 unspecified atom stereocenters. The van der Waals surface area contributed by atoms with Crippen molar-refractivity contribution in [1.29, 1.82) is 0 Å². The number of fused-ring (bicyclic) bond motifs is 1. The van der Waals surface area contributed by atoms with Crippen LogP contribution in [-0.4, -0.2) is 25.4 Å². The van der Waals surface area contributed by atoms with Crippen molar-refractivity contribution in [3.05, 3.63) is 24.3 Å². The molecule has 76 valence electrons. The normalized spacial score (nSPS) is 15.6. The number of anilines is 1. The van der Waals surface area contributed by atoms with Gasteiger partial charge in [0.05, 0.1) is 12.3 Å². The molecule has 14 heavy (non-hydrogen) atoms. The first-order valence-electron chi connectivity index (χ1n) is 4.99. The number of benzene rings is 1. The van der Waals surface area contributed by atoms with E-state index >= 15 is 0 Å². The van der Waals surface area contributed by atoms with E-state index in [1.54, 1.807) is 0 Å². The highest BCUT2D eigenvalue weighted by atomic mass is 32.1. The monoisotopic (exact) mass is 209 g/mol. The second-order valence-corrected chi connectivity index (χ2v) is 3.83. The Balaban J connectivity index is 2.27. The van der Waals surface area contributed by atoms with Crippen LogP contribution in [0.25, 0.3) is 0 Å². The Kier molecular flexibility index (Phi) is 3.19. The molecule has 0 spiro atoms. The first kappa shape index (κ1) is 9.71. The lowest BCUT2D eigenvalue weighted by molar-refractivity contribution is 0.322. The van der Waals surface area contributed by atoms with E-state index in [1.807, 2.05) is 12.1 Å². The van der Waals surface area contributed by atoms with Gasteiger partial charge in [-0.15, -0.1) is 0 Å². The first-order valence-corrected chi connectivity index (χ1v) is 5.62. The lowest BCUT2D eigenvalue weighted by Gasteiger charge is -2.22. The maximum Gasteiger partial charge on any atom is 0.142 e. The quantitative estimate of drug-likeness (QED) is 0.750. The molecule has 1 aliphatic rings. The van der Waals surface area contributed by atoms with Crippen molar-refractivity contribution >= 4 is 18.3 Å². The summed E-state index contributed by atoms with van der Waals surface area (Å²) in [6, 6.07) is 8.22. The highest BCUT2D eigenvalue weighted by molar-refractivity contribution is 7.80. The molecule has 0 fully saturated rings. The number of ether oxygens (including phenoxy) is 1. The summed E-state index contributed by atoms with van der Waals surface area (Å²) in [5.41, 5.74) is 1.21. The van der Waals surface area contributed by atoms with Crippen molar-refractivity contribution in [2.45, 2.75) is 6.42 Å². The van der Waals surface area contributed by atoms with E-state index in [0.29, 0.717) is 0 Å². The molecule has 1 aliphatic heterocycles. The van der Waals surface area contributed by atoms with Crippen LogP contribution in [0.3, 0.4) is 0 Å². The summed E-state index contributed by atoms with van der Waals surface area (Å²) in [7, 11) is 0. The Labute approximate surface area is 90.3 Å². The van der Waals surface area contributed by atoms with E-state index in [4.69, 9.17) is 4.74 Å². The van der Waals surface area contributed by atoms with Gasteiger partial charge in [-0.25, -0.2) is 0 Å². The van der Waals surface area contributed by atoms with Gasteiger partial charge in [0, 0.05) is 18.8 Å². The topological polar surface area (TPSA) is 12.5 Å². The highest BCUT2D eigenvalue weighted by Gasteiger charge is 2.14. The standard InChI is InChI=1S/C11H15NOS/c14-9-7-12-6-3-8-13-11-5-2-1-4-10(11)12/h1-2,4-5,14H,3,6-9H2. The van der Waals surface area contributed by atoms with Gasteiger partial charge in [-0.1, -0.05) is 12.1 Å². The summed E-state index contributed by atoms with van der Waals surface area (Å²) in [5.74, 6) is 1.89. The van der Waals surface area contributed by atoms with Crippen molar-refractivity contribution < 1.29 is 4.74 Å². The lowest BCUT2D eigenvalue weighted by atomic mass is 10.2. The Hall–Kier alpha value is -0.830. The van der Waals surface area contributed by atoms with E-state index in [-0.39, 0.29) is 0 Å². The summed E-state index contributed by atoms with van der Waals surface area (Å²) in [6.07, 6.45) is 1.09. The van der Waals surface area contributed by atoms with Crippen molar-refractivity contribution in [2.24, 2.45) is 0 Å². The van der Waals surface area contributed by atoms with Gasteiger partial charge in [0.25, 0.3) is 0 Å². The Morgan fingerprint density at radius 2 is 2.21 bits per heavy atom. The molecule has 2 nitrogen and oxygen atoms in total. The van der Waals surface area contributed by atoms with Crippen LogP contribution in [0.4, 0.5) is 5.69 Å². The van der Waals surface area contributed by atoms with Gasteiger partial charge >= 0.3 is 0 Å². The van der Waals surface area contributed by atoms with Crippen LogP contribution in [0, 0.1) is 0 Å². The third kappa shape index (κ3) is 1.98. The van der Waals surface area contributed by atoms with Crippen LogP contribution < -0.4 is 9.64 Å². The van der Waals surface area contributed by atoms with E-state index in [9.17, 15) is 0 Å². The Morgan fingerprint density at radius 1 is 1.36 bits per heavy atom. The summed E-state index contributed by atoms with van der Waals surface area (Å²) in [5, 5.41) is 0. The number of thiol groups is 1. The zero-order chi connectivity index (χ0) is 9.80. The van der Waals surface area contributed by atoms with Gasteiger partial charge in [-0.05, 0) is 18.6 Å². The minimum absolute atomic E-state index is 0.820. The van der Waals surface area contributed by atoms with Gasteiger partial charge in [0.2, 0.25) is 0 Å². The predicted molar refractivity (Wildman–Crippen MR) is 62.6 cm³/mol. The van der Waals surface area contributed by atoms with Crippen LogP contribution in [-0.2, 0) is 0 Å². The van der Waals surface area contributed by atoms with Gasteiger partial charge in [0.15, 0.2) is 0 Å². The number of para-hydroxylation sites is 2. The molecule has 1 aromatic carbocycles. The van der Waals surface area contributed by atoms with E-state index in [1.165, 1.54) is 5.69 Å². The molecule has 0 radical (unpaired) electrons. The summed E-state index contributed by atoms with van der Waals surface area (Å²) < 4.78 is 5.66. The van der Waals surface area contributed by atoms with Crippen LogP contribution in [0.5, 0.6) is 5.75 Å². The molecule has 0 aromatic heterocycles. The number of rotatable bonds is 2. The molecule has 3 heteroatoms. The van der Waals surface area contributed by atoms with E-state index in [0.717, 1.165) is 37.6 Å². The maximum atomic E-state index is 5.66. The minimum atomic E-state index is 0.820. The summed E-state index contributed by atoms with van der Waals surface area (Å²) in [4.78, 5) is 2.34. The lowest BCUT2D eigenvalue weighted by Crippen LogP contribution is -2.25. The molecule has 1 aromatic rings. The van der Waals surface area contributed by atoms with Gasteiger partial charge < -0.3 is 9.64 Å². The van der Waals surface area contributed by atoms with Gasteiger partial charge in [0.1, 0.15) is 5.75 Å². The molecule has 0 saturated carbocycles. The molecule has 0 atom stereocenters. The van der Waals surface area contributed by atoms with Crippen molar-refractivity contribution in [3.8, 4) is 5.75 Å². The largest absolute Gasteiger partial charge is 0.491 e. The second-order valence-electron chi connectivity index (χ2n) is 3.38. The van der Waals surface area contributed by atoms with Crippen molar-refractivity contribution in [1.82, 2.24) is 0 Å². The third-order valence-electron chi connectivity index (χ3n) is 2.41. The van der Waals surface area contributed by atoms with Crippen LogP contribution in [0.15, 0.2) is 24.3 Å². The fourth-order valence-electron chi connectivity index (χ4n) is 1.75. The fourth-order valence-corrected chi connectivity index (χ4v) is 1.99. The molecule has 0 bridgehead atoms. The van der Waals surface area contributed by atoms with Crippen molar-refractivity contribution in [3.63, 3.8) is 0 Å². The molecule has 0 aliphatic carbocycles. The summed E-state index contributed by atoms with van der Waals surface area (Å²) >= 11 is 4.28. The molecule has 0 N–H and O–H groups in total. The first-order chi connectivity index (χ1) is 6.92. The average molecular weight is 209 g/mol. The van der Waals surface area contributed by atoms with Gasteiger partial charge in [-0.3, -0.25) is 0 Å². The number of hydrogen-bond acceptors (Lipinski definition) is 3. The molecule has 0 amide bonds. The number of nitrogens with zero attached hydrogens (tertiary/aromatic N) is 1. The maximum absolute atomic E-state index is 5.66. The zero-order valence-electron chi connectivity index (χ0n) is 8.15. The molecular weight excluding hydrogens is 194 g/mol. The van der Waals surface area contributed by atoms with Crippen LogP contribution in [0.1, 0.15) is 6.42 Å². The number of hydrogen-bond donors (Lipinski definition) is 1. The minimum Gasteiger partial charge on any atom is -0.491 e. The Bertz CT molecular complexity index is 303. The van der Waals surface area contributed by atoms with E-state index < -0.39 is 0 Å². The average Bonchev–Trinajstić information content (AvgIpc) is 2.42. The molecular formula is C11H15NOS. The molecule has 1 heterocycles.